The van der Waals surface area contributed by atoms with Crippen LogP contribution in [0.5, 0.6) is 5.75 Å². The van der Waals surface area contributed by atoms with Gasteiger partial charge in [-0.3, -0.25) is 0 Å². The molecule has 1 aromatic rings. The van der Waals surface area contributed by atoms with E-state index in [-0.39, 0.29) is 12.4 Å². The van der Waals surface area contributed by atoms with E-state index in [4.69, 9.17) is 5.73 Å². The van der Waals surface area contributed by atoms with Crippen LogP contribution in [0, 0.1) is 0 Å². The predicted octanol–water partition coefficient (Wildman–Crippen LogP) is 1.74. The number of pyridine rings is 1. The highest BCUT2D eigenvalue weighted by atomic mass is 19.4. The molecule has 5 nitrogen and oxygen atoms in total. The number of halogens is 3. The number of rotatable bonds is 3. The van der Waals surface area contributed by atoms with Crippen molar-refractivity contribution in [3.63, 3.8) is 0 Å². The molecular formula is C9H9F3N2O3. The van der Waals surface area contributed by atoms with Crippen molar-refractivity contribution < 1.29 is 27.4 Å². The molecule has 1 aromatic heterocycles. The maximum atomic E-state index is 12.1. The van der Waals surface area contributed by atoms with Crippen molar-refractivity contribution >= 4 is 11.8 Å². The number of aromatic nitrogens is 1. The van der Waals surface area contributed by atoms with E-state index in [0.29, 0.717) is 0 Å². The van der Waals surface area contributed by atoms with Crippen LogP contribution in [-0.2, 0) is 4.74 Å². The molecule has 0 aliphatic heterocycles. The zero-order valence-corrected chi connectivity index (χ0v) is 8.75. The summed E-state index contributed by atoms with van der Waals surface area (Å²) in [5, 5.41) is 0. The molecule has 0 radical (unpaired) electrons. The van der Waals surface area contributed by atoms with Gasteiger partial charge in [0.1, 0.15) is 17.1 Å². The highest BCUT2D eigenvalue weighted by Crippen LogP contribution is 2.29. The van der Waals surface area contributed by atoms with E-state index in [2.05, 4.69) is 14.5 Å². The molecular weight excluding hydrogens is 241 g/mol. The molecule has 0 saturated carbocycles. The molecule has 0 aromatic carbocycles. The third-order valence-electron chi connectivity index (χ3n) is 1.65. The van der Waals surface area contributed by atoms with Crippen molar-refractivity contribution in [1.29, 1.82) is 0 Å². The molecule has 0 aliphatic rings. The number of nitrogens with two attached hydrogens (primary N) is 1. The van der Waals surface area contributed by atoms with Crippen molar-refractivity contribution in [2.24, 2.45) is 0 Å². The van der Waals surface area contributed by atoms with Gasteiger partial charge in [-0.25, -0.2) is 9.78 Å². The SMILES string of the molecule is CCOC(=O)c1c(OC(F)(F)F)ccnc1N. The summed E-state index contributed by atoms with van der Waals surface area (Å²) < 4.78 is 44.4. The van der Waals surface area contributed by atoms with Crippen LogP contribution in [0.4, 0.5) is 19.0 Å². The van der Waals surface area contributed by atoms with Crippen LogP contribution < -0.4 is 10.5 Å². The zero-order valence-electron chi connectivity index (χ0n) is 8.75. The van der Waals surface area contributed by atoms with E-state index in [1.165, 1.54) is 6.92 Å². The van der Waals surface area contributed by atoms with Crippen LogP contribution in [0.1, 0.15) is 17.3 Å². The van der Waals surface area contributed by atoms with Crippen molar-refractivity contribution in [2.45, 2.75) is 13.3 Å². The van der Waals surface area contributed by atoms with Crippen molar-refractivity contribution in [2.75, 3.05) is 12.3 Å². The van der Waals surface area contributed by atoms with Crippen LogP contribution in [0.25, 0.3) is 0 Å². The first-order chi connectivity index (χ1) is 7.85. The lowest BCUT2D eigenvalue weighted by Crippen LogP contribution is -2.20. The fourth-order valence-electron chi connectivity index (χ4n) is 1.08. The molecule has 1 heterocycles. The average molecular weight is 250 g/mol. The molecule has 17 heavy (non-hydrogen) atoms. The second-order valence-corrected chi connectivity index (χ2v) is 2.84. The fraction of sp³-hybridized carbons (Fsp3) is 0.333. The van der Waals surface area contributed by atoms with Gasteiger partial charge in [0.2, 0.25) is 0 Å². The first kappa shape index (κ1) is 13.1. The van der Waals surface area contributed by atoms with Gasteiger partial charge < -0.3 is 15.2 Å². The van der Waals surface area contributed by atoms with E-state index in [0.717, 1.165) is 12.3 Å². The monoisotopic (exact) mass is 250 g/mol. The van der Waals surface area contributed by atoms with Gasteiger partial charge >= 0.3 is 12.3 Å². The van der Waals surface area contributed by atoms with Gasteiger partial charge in [-0.15, -0.1) is 13.2 Å². The van der Waals surface area contributed by atoms with Crippen molar-refractivity contribution in [1.82, 2.24) is 4.98 Å². The van der Waals surface area contributed by atoms with Gasteiger partial charge in [-0.2, -0.15) is 0 Å². The topological polar surface area (TPSA) is 74.4 Å². The summed E-state index contributed by atoms with van der Waals surface area (Å²) in [6.07, 6.45) is -3.92. The Kier molecular flexibility index (Phi) is 3.77. The first-order valence-electron chi connectivity index (χ1n) is 4.52. The molecule has 8 heteroatoms. The van der Waals surface area contributed by atoms with Crippen LogP contribution in [-0.4, -0.2) is 23.9 Å². The molecule has 1 rings (SSSR count). The van der Waals surface area contributed by atoms with Gasteiger partial charge in [-0.05, 0) is 13.0 Å². The Labute approximate surface area is 94.3 Å². The molecule has 0 fully saturated rings. The Balaban J connectivity index is 3.13. The highest BCUT2D eigenvalue weighted by molar-refractivity contribution is 5.97. The average Bonchev–Trinajstić information content (AvgIpc) is 2.15. The predicted molar refractivity (Wildman–Crippen MR) is 51.3 cm³/mol. The van der Waals surface area contributed by atoms with Crippen molar-refractivity contribution in [3.8, 4) is 5.75 Å². The van der Waals surface area contributed by atoms with Crippen LogP contribution in [0.3, 0.4) is 0 Å². The number of hydrogen-bond donors (Lipinski definition) is 1. The summed E-state index contributed by atoms with van der Waals surface area (Å²) in [5.74, 6) is -2.13. The zero-order chi connectivity index (χ0) is 13.1. The fourth-order valence-corrected chi connectivity index (χ4v) is 1.08. The molecule has 0 unspecified atom stereocenters. The molecule has 0 amide bonds. The minimum atomic E-state index is -4.92. The number of carbonyl (C=O) groups is 1. The van der Waals surface area contributed by atoms with E-state index < -0.39 is 23.6 Å². The Hall–Kier alpha value is -1.99. The maximum absolute atomic E-state index is 12.1. The molecule has 0 atom stereocenters. The van der Waals surface area contributed by atoms with Gasteiger partial charge in [0.25, 0.3) is 0 Å². The molecule has 0 bridgehead atoms. The minimum absolute atomic E-state index is 0.00136. The van der Waals surface area contributed by atoms with Crippen molar-refractivity contribution in [3.05, 3.63) is 17.8 Å². The number of carbonyl (C=O) groups excluding carboxylic acids is 1. The second kappa shape index (κ2) is 4.89. The van der Waals surface area contributed by atoms with E-state index in [1.54, 1.807) is 0 Å². The standard InChI is InChI=1S/C9H9F3N2O3/c1-2-16-8(15)6-5(17-9(10,11)12)3-4-14-7(6)13/h3-4H,2H2,1H3,(H2,13,14). The summed E-state index contributed by atoms with van der Waals surface area (Å²) in [7, 11) is 0. The number of ether oxygens (including phenoxy) is 2. The summed E-state index contributed by atoms with van der Waals surface area (Å²) in [6, 6.07) is 0.885. The maximum Gasteiger partial charge on any atom is 0.573 e. The van der Waals surface area contributed by atoms with Gasteiger partial charge in [0.15, 0.2) is 0 Å². The number of nitrogen functional groups attached to an aromatic ring is 1. The Morgan fingerprint density at radius 2 is 2.18 bits per heavy atom. The lowest BCUT2D eigenvalue weighted by molar-refractivity contribution is -0.274. The molecule has 2 N–H and O–H groups in total. The summed E-state index contributed by atoms with van der Waals surface area (Å²) in [6.45, 7) is 1.51. The molecule has 0 aliphatic carbocycles. The number of alkyl halides is 3. The Morgan fingerprint density at radius 1 is 1.53 bits per heavy atom. The van der Waals surface area contributed by atoms with Crippen LogP contribution in [0.15, 0.2) is 12.3 Å². The number of hydrogen-bond acceptors (Lipinski definition) is 5. The molecule has 94 valence electrons. The van der Waals surface area contributed by atoms with Gasteiger partial charge in [-0.1, -0.05) is 0 Å². The molecule has 0 saturated heterocycles. The largest absolute Gasteiger partial charge is 0.573 e. The third-order valence-corrected chi connectivity index (χ3v) is 1.65. The van der Waals surface area contributed by atoms with E-state index >= 15 is 0 Å². The van der Waals surface area contributed by atoms with Crippen LogP contribution >= 0.6 is 0 Å². The normalized spacial score (nSPS) is 11.1. The van der Waals surface area contributed by atoms with Gasteiger partial charge in [0, 0.05) is 6.20 Å². The first-order valence-corrected chi connectivity index (χ1v) is 4.52. The molecule has 0 spiro atoms. The number of anilines is 1. The smallest absolute Gasteiger partial charge is 0.462 e. The Bertz CT molecular complexity index is 420. The summed E-state index contributed by atoms with van der Waals surface area (Å²) in [4.78, 5) is 14.9. The lowest BCUT2D eigenvalue weighted by atomic mass is 10.2. The number of nitrogens with zero attached hydrogens (tertiary/aromatic N) is 1. The number of esters is 1. The lowest BCUT2D eigenvalue weighted by Gasteiger charge is -2.13. The van der Waals surface area contributed by atoms with Crippen LogP contribution in [0.2, 0.25) is 0 Å². The van der Waals surface area contributed by atoms with E-state index in [9.17, 15) is 18.0 Å². The van der Waals surface area contributed by atoms with E-state index in [1.807, 2.05) is 0 Å². The summed E-state index contributed by atoms with van der Waals surface area (Å²) >= 11 is 0. The summed E-state index contributed by atoms with van der Waals surface area (Å²) in [5.41, 5.74) is 4.78. The highest BCUT2D eigenvalue weighted by Gasteiger charge is 2.34. The Morgan fingerprint density at radius 3 is 2.71 bits per heavy atom. The second-order valence-electron chi connectivity index (χ2n) is 2.84. The minimum Gasteiger partial charge on any atom is -0.462 e. The van der Waals surface area contributed by atoms with Gasteiger partial charge in [0.05, 0.1) is 6.61 Å². The third kappa shape index (κ3) is 3.51. The quantitative estimate of drug-likeness (QED) is 0.827.